The van der Waals surface area contributed by atoms with Crippen molar-refractivity contribution in [2.24, 2.45) is 5.92 Å². The average molecular weight is 527 g/mol. The second-order valence-corrected chi connectivity index (χ2v) is 9.85. The molecule has 1 aliphatic rings. The molecule has 1 aliphatic heterocycles. The number of nitrogens with zero attached hydrogens (tertiary/aromatic N) is 2. The van der Waals surface area contributed by atoms with Gasteiger partial charge in [-0.1, -0.05) is 55.1 Å². The summed E-state index contributed by atoms with van der Waals surface area (Å²) < 4.78 is 12.9. The SMILES string of the molecule is C[C@@H]1[C@H](CSc2ncn[nH]2)O[C@H](c2cccc(NC(=O)CCCC(=O)O)c2)O[C@@H]1c1ccc(CO)cc1. The summed E-state index contributed by atoms with van der Waals surface area (Å²) in [6.07, 6.45) is 0.692. The van der Waals surface area contributed by atoms with Gasteiger partial charge in [-0.2, -0.15) is 5.10 Å². The Labute approximate surface area is 218 Å². The van der Waals surface area contributed by atoms with Crippen LogP contribution in [0.25, 0.3) is 0 Å². The molecule has 2 heterocycles. The highest BCUT2D eigenvalue weighted by Gasteiger charge is 2.38. The number of anilines is 1. The van der Waals surface area contributed by atoms with E-state index in [0.717, 1.165) is 16.7 Å². The first-order chi connectivity index (χ1) is 17.9. The number of carboxylic acids is 1. The Hall–Kier alpha value is -3.25. The van der Waals surface area contributed by atoms with Crippen molar-refractivity contribution in [3.8, 4) is 0 Å². The van der Waals surface area contributed by atoms with Gasteiger partial charge in [-0.05, 0) is 29.7 Å². The lowest BCUT2D eigenvalue weighted by Gasteiger charge is -2.41. The molecule has 10 nitrogen and oxygen atoms in total. The first-order valence-electron chi connectivity index (χ1n) is 12.0. The fourth-order valence-electron chi connectivity index (χ4n) is 4.12. The first-order valence-corrected chi connectivity index (χ1v) is 13.0. The first kappa shape index (κ1) is 26.8. The number of aliphatic hydroxyl groups is 1. The van der Waals surface area contributed by atoms with Crippen LogP contribution in [-0.2, 0) is 25.7 Å². The second-order valence-electron chi connectivity index (χ2n) is 8.84. The number of nitrogens with one attached hydrogen (secondary N) is 2. The van der Waals surface area contributed by atoms with Crippen LogP contribution in [0.5, 0.6) is 0 Å². The molecule has 0 aliphatic carbocycles. The van der Waals surface area contributed by atoms with Gasteiger partial charge in [0.05, 0.1) is 18.8 Å². The molecule has 2 aromatic carbocycles. The minimum Gasteiger partial charge on any atom is -0.481 e. The number of hydrogen-bond donors (Lipinski definition) is 4. The number of aromatic amines is 1. The summed E-state index contributed by atoms with van der Waals surface area (Å²) in [6, 6.07) is 15.0. The molecule has 1 aromatic heterocycles. The van der Waals surface area contributed by atoms with Gasteiger partial charge in [0.25, 0.3) is 0 Å². The third-order valence-electron chi connectivity index (χ3n) is 6.14. The third-order valence-corrected chi connectivity index (χ3v) is 7.10. The topological polar surface area (TPSA) is 147 Å². The molecule has 4 rings (SSSR count). The maximum Gasteiger partial charge on any atom is 0.303 e. The summed E-state index contributed by atoms with van der Waals surface area (Å²) in [4.78, 5) is 27.1. The van der Waals surface area contributed by atoms with Crippen molar-refractivity contribution >= 4 is 29.3 Å². The van der Waals surface area contributed by atoms with E-state index in [-0.39, 0.29) is 49.9 Å². The molecule has 1 amide bonds. The number of thioether (sulfide) groups is 1. The van der Waals surface area contributed by atoms with Gasteiger partial charge in [-0.3, -0.25) is 14.7 Å². The molecule has 0 bridgehead atoms. The Morgan fingerprint density at radius 1 is 1.11 bits per heavy atom. The van der Waals surface area contributed by atoms with E-state index in [2.05, 4.69) is 27.4 Å². The standard InChI is InChI=1S/C26H30N4O6S/c1-16-21(14-37-26-27-15-28-30-26)35-25(36-24(16)18-10-8-17(13-31)9-11-18)19-4-2-5-20(12-19)29-22(32)6-3-7-23(33)34/h2,4-5,8-12,15-16,21,24-25,31H,3,6-7,13-14H2,1H3,(H,29,32)(H,33,34)(H,27,28,30)/t16-,21+,24+,25+/m1/s1. The van der Waals surface area contributed by atoms with E-state index >= 15 is 0 Å². The van der Waals surface area contributed by atoms with Gasteiger partial charge in [0, 0.05) is 35.8 Å². The minimum atomic E-state index is -0.924. The minimum absolute atomic E-state index is 0.0174. The molecule has 0 unspecified atom stereocenters. The predicted molar refractivity (Wildman–Crippen MR) is 137 cm³/mol. The molecule has 0 saturated carbocycles. The highest BCUT2D eigenvalue weighted by Crippen LogP contribution is 2.43. The van der Waals surface area contributed by atoms with Gasteiger partial charge < -0.3 is 25.0 Å². The molecule has 11 heteroatoms. The summed E-state index contributed by atoms with van der Waals surface area (Å²) >= 11 is 1.52. The largest absolute Gasteiger partial charge is 0.481 e. The number of H-pyrrole nitrogens is 1. The van der Waals surface area contributed by atoms with E-state index in [9.17, 15) is 14.7 Å². The molecule has 37 heavy (non-hydrogen) atoms. The fraction of sp³-hybridized carbons (Fsp3) is 0.385. The Balaban J connectivity index is 1.51. The van der Waals surface area contributed by atoms with E-state index in [4.69, 9.17) is 14.6 Å². The highest BCUT2D eigenvalue weighted by molar-refractivity contribution is 7.99. The number of aliphatic hydroxyl groups excluding tert-OH is 1. The lowest BCUT2D eigenvalue weighted by Crippen LogP contribution is -2.38. The number of benzene rings is 2. The van der Waals surface area contributed by atoms with Gasteiger partial charge in [-0.25, -0.2) is 4.98 Å². The van der Waals surface area contributed by atoms with Crippen LogP contribution in [-0.4, -0.2) is 49.1 Å². The van der Waals surface area contributed by atoms with Crippen molar-refractivity contribution in [2.45, 2.75) is 56.4 Å². The van der Waals surface area contributed by atoms with Crippen molar-refractivity contribution in [3.05, 3.63) is 71.5 Å². The summed E-state index contributed by atoms with van der Waals surface area (Å²) in [7, 11) is 0. The molecule has 1 fully saturated rings. The Morgan fingerprint density at radius 2 is 1.92 bits per heavy atom. The zero-order chi connectivity index (χ0) is 26.2. The van der Waals surface area contributed by atoms with Crippen LogP contribution >= 0.6 is 11.8 Å². The van der Waals surface area contributed by atoms with Gasteiger partial charge in [0.1, 0.15) is 6.33 Å². The van der Waals surface area contributed by atoms with Gasteiger partial charge in [0.2, 0.25) is 5.91 Å². The maximum absolute atomic E-state index is 12.3. The molecule has 196 valence electrons. The summed E-state index contributed by atoms with van der Waals surface area (Å²) in [6.45, 7) is 2.05. The second kappa shape index (κ2) is 12.8. The van der Waals surface area contributed by atoms with E-state index in [1.807, 2.05) is 42.5 Å². The predicted octanol–water partition coefficient (Wildman–Crippen LogP) is 4.07. The van der Waals surface area contributed by atoms with Crippen molar-refractivity contribution in [3.63, 3.8) is 0 Å². The van der Waals surface area contributed by atoms with Crippen LogP contribution in [0.3, 0.4) is 0 Å². The maximum atomic E-state index is 12.3. The van der Waals surface area contributed by atoms with Crippen molar-refractivity contribution in [2.75, 3.05) is 11.1 Å². The van der Waals surface area contributed by atoms with Crippen molar-refractivity contribution < 1.29 is 29.3 Å². The van der Waals surface area contributed by atoms with Crippen molar-refractivity contribution in [1.82, 2.24) is 15.2 Å². The number of ether oxygens (including phenoxy) is 2. The Bertz CT molecular complexity index is 1170. The normalized spacial score (nSPS) is 21.5. The Morgan fingerprint density at radius 3 is 2.62 bits per heavy atom. The molecule has 0 spiro atoms. The summed E-state index contributed by atoms with van der Waals surface area (Å²) in [5.74, 6) is -0.529. The monoisotopic (exact) mass is 526 g/mol. The van der Waals surface area contributed by atoms with Gasteiger partial charge >= 0.3 is 5.97 Å². The zero-order valence-corrected chi connectivity index (χ0v) is 21.2. The van der Waals surface area contributed by atoms with Gasteiger partial charge in [0.15, 0.2) is 11.4 Å². The van der Waals surface area contributed by atoms with Crippen LogP contribution in [0.1, 0.15) is 55.3 Å². The molecule has 4 N–H and O–H groups in total. The number of aliphatic carboxylic acids is 1. The third kappa shape index (κ3) is 7.39. The fourth-order valence-corrected chi connectivity index (χ4v) is 5.06. The van der Waals surface area contributed by atoms with Crippen LogP contribution in [0.15, 0.2) is 60.0 Å². The van der Waals surface area contributed by atoms with E-state index in [0.29, 0.717) is 16.6 Å². The molecule has 3 aromatic rings. The lowest BCUT2D eigenvalue weighted by atomic mass is 9.91. The van der Waals surface area contributed by atoms with E-state index in [1.54, 1.807) is 6.07 Å². The molecular formula is C26H30N4O6S. The molecule has 4 atom stereocenters. The number of aromatic nitrogens is 3. The number of carbonyl (C=O) groups is 2. The smallest absolute Gasteiger partial charge is 0.303 e. The number of hydrogen-bond acceptors (Lipinski definition) is 8. The lowest BCUT2D eigenvalue weighted by molar-refractivity contribution is -0.268. The zero-order valence-electron chi connectivity index (χ0n) is 20.4. The molecular weight excluding hydrogens is 496 g/mol. The van der Waals surface area contributed by atoms with Crippen LogP contribution in [0.2, 0.25) is 0 Å². The number of amides is 1. The van der Waals surface area contributed by atoms with Gasteiger partial charge in [-0.15, -0.1) is 0 Å². The quantitative estimate of drug-likeness (QED) is 0.271. The summed E-state index contributed by atoms with van der Waals surface area (Å²) in [5, 5.41) is 28.5. The molecule has 1 saturated heterocycles. The number of carbonyl (C=O) groups excluding carboxylic acids is 1. The molecule has 0 radical (unpaired) electrons. The van der Waals surface area contributed by atoms with Crippen molar-refractivity contribution in [1.29, 1.82) is 0 Å². The summed E-state index contributed by atoms with van der Waals surface area (Å²) in [5.41, 5.74) is 3.14. The van der Waals surface area contributed by atoms with E-state index in [1.165, 1.54) is 18.1 Å². The van der Waals surface area contributed by atoms with E-state index < -0.39 is 12.3 Å². The highest BCUT2D eigenvalue weighted by atomic mass is 32.2. The number of rotatable bonds is 11. The van der Waals surface area contributed by atoms with Crippen LogP contribution in [0, 0.1) is 5.92 Å². The number of carboxylic acid groups (broad SMARTS) is 1. The average Bonchev–Trinajstić information content (AvgIpc) is 3.42. The Kier molecular flexibility index (Phi) is 9.29. The van der Waals surface area contributed by atoms with Crippen LogP contribution in [0.4, 0.5) is 5.69 Å². The van der Waals surface area contributed by atoms with Crippen LogP contribution < -0.4 is 5.32 Å².